The highest BCUT2D eigenvalue weighted by Gasteiger charge is 2.30. The Hall–Kier alpha value is -0.0900. The summed E-state index contributed by atoms with van der Waals surface area (Å²) >= 11 is 0. The van der Waals surface area contributed by atoms with Crippen LogP contribution in [-0.2, 0) is 9.84 Å². The lowest BCUT2D eigenvalue weighted by Crippen LogP contribution is -2.33. The third-order valence-corrected chi connectivity index (χ3v) is 6.19. The highest BCUT2D eigenvalue weighted by atomic mass is 32.2. The molecular weight excluding hydrogens is 222 g/mol. The lowest BCUT2D eigenvalue weighted by atomic mass is 9.85. The summed E-state index contributed by atoms with van der Waals surface area (Å²) in [6.45, 7) is 5.32. The first-order chi connectivity index (χ1) is 7.22. The van der Waals surface area contributed by atoms with Crippen molar-refractivity contribution in [3.05, 3.63) is 0 Å². The minimum atomic E-state index is -2.96. The van der Waals surface area contributed by atoms with Gasteiger partial charge >= 0.3 is 0 Å². The largest absolute Gasteiger partial charge is 0.328 e. The second-order valence-corrected chi connectivity index (χ2v) is 8.88. The molecule has 1 rings (SSSR count). The van der Waals surface area contributed by atoms with Gasteiger partial charge in [0.2, 0.25) is 0 Å². The molecule has 16 heavy (non-hydrogen) atoms. The average molecular weight is 247 g/mol. The molecule has 96 valence electrons. The van der Waals surface area contributed by atoms with Crippen molar-refractivity contribution in [2.75, 3.05) is 5.75 Å². The van der Waals surface area contributed by atoms with Gasteiger partial charge in [0.1, 0.15) is 0 Å². The number of hydrogen-bond donors (Lipinski definition) is 1. The molecule has 2 unspecified atom stereocenters. The summed E-state index contributed by atoms with van der Waals surface area (Å²) in [6.07, 6.45) is 5.18. The zero-order chi connectivity index (χ0) is 12.4. The first-order valence-corrected chi connectivity index (χ1v) is 7.85. The van der Waals surface area contributed by atoms with E-state index in [9.17, 15) is 8.42 Å². The molecule has 0 bridgehead atoms. The van der Waals surface area contributed by atoms with E-state index in [1.807, 2.05) is 0 Å². The molecule has 0 spiro atoms. The van der Waals surface area contributed by atoms with Crippen LogP contribution in [0.25, 0.3) is 0 Å². The summed E-state index contributed by atoms with van der Waals surface area (Å²) in [4.78, 5) is 0. The van der Waals surface area contributed by atoms with Crippen molar-refractivity contribution in [3.63, 3.8) is 0 Å². The maximum absolute atomic E-state index is 11.9. The number of rotatable bonds is 3. The topological polar surface area (TPSA) is 60.2 Å². The number of sulfone groups is 1. The van der Waals surface area contributed by atoms with Gasteiger partial charge in [0.15, 0.2) is 9.84 Å². The number of hydrogen-bond acceptors (Lipinski definition) is 3. The smallest absolute Gasteiger partial charge is 0.155 e. The molecular formula is C12H25NO2S. The molecule has 4 heteroatoms. The van der Waals surface area contributed by atoms with Crippen molar-refractivity contribution in [3.8, 4) is 0 Å². The van der Waals surface area contributed by atoms with E-state index in [0.29, 0.717) is 11.7 Å². The van der Waals surface area contributed by atoms with E-state index in [1.165, 1.54) is 0 Å². The summed E-state index contributed by atoms with van der Waals surface area (Å²) < 4.78 is 23.3. The molecule has 0 heterocycles. The van der Waals surface area contributed by atoms with Crippen LogP contribution >= 0.6 is 0 Å². The first-order valence-electron chi connectivity index (χ1n) is 6.20. The molecule has 2 atom stereocenters. The van der Waals surface area contributed by atoms with Crippen LogP contribution < -0.4 is 5.73 Å². The Labute approximate surface area is 99.7 Å². The van der Waals surface area contributed by atoms with Crippen LogP contribution in [0.2, 0.25) is 0 Å². The van der Waals surface area contributed by atoms with Gasteiger partial charge in [-0.05, 0) is 46.0 Å². The van der Waals surface area contributed by atoms with Crippen LogP contribution in [0.3, 0.4) is 0 Å². The normalized spacial score (nSPS) is 28.0. The van der Waals surface area contributed by atoms with E-state index in [0.717, 1.165) is 32.1 Å². The fraction of sp³-hybridized carbons (Fsp3) is 1.00. The Morgan fingerprint density at radius 3 is 2.38 bits per heavy atom. The fourth-order valence-electron chi connectivity index (χ4n) is 2.22. The third-order valence-electron chi connectivity index (χ3n) is 3.55. The van der Waals surface area contributed by atoms with E-state index < -0.39 is 14.6 Å². The van der Waals surface area contributed by atoms with Crippen molar-refractivity contribution in [2.24, 2.45) is 11.7 Å². The summed E-state index contributed by atoms with van der Waals surface area (Å²) in [5, 5.41) is 0. The molecule has 1 aliphatic carbocycles. The van der Waals surface area contributed by atoms with Crippen molar-refractivity contribution >= 4 is 9.84 Å². The monoisotopic (exact) mass is 247 g/mol. The van der Waals surface area contributed by atoms with Gasteiger partial charge in [-0.25, -0.2) is 8.42 Å². The number of nitrogens with two attached hydrogens (primary N) is 1. The quantitative estimate of drug-likeness (QED) is 0.831. The lowest BCUT2D eigenvalue weighted by Gasteiger charge is -2.27. The van der Waals surface area contributed by atoms with Crippen LogP contribution in [0.4, 0.5) is 0 Å². The van der Waals surface area contributed by atoms with E-state index >= 15 is 0 Å². The molecule has 0 amide bonds. The van der Waals surface area contributed by atoms with Crippen LogP contribution in [0.5, 0.6) is 0 Å². The SMILES string of the molecule is CC(C)(C)S(=O)(=O)CCC1CCCC(N)C1. The van der Waals surface area contributed by atoms with Crippen LogP contribution in [0, 0.1) is 5.92 Å². The Bertz CT molecular complexity index is 316. The van der Waals surface area contributed by atoms with Crippen LogP contribution in [0.1, 0.15) is 52.9 Å². The molecule has 1 aliphatic rings. The standard InChI is InChI=1S/C12H25NO2S/c1-12(2,3)16(14,15)8-7-10-5-4-6-11(13)9-10/h10-11H,4-9,13H2,1-3H3. The van der Waals surface area contributed by atoms with Gasteiger partial charge in [0.25, 0.3) is 0 Å². The van der Waals surface area contributed by atoms with Gasteiger partial charge in [-0.15, -0.1) is 0 Å². The molecule has 0 aromatic rings. The van der Waals surface area contributed by atoms with Crippen LogP contribution in [0.15, 0.2) is 0 Å². The van der Waals surface area contributed by atoms with Crippen molar-refractivity contribution < 1.29 is 8.42 Å². The second-order valence-electron chi connectivity index (χ2n) is 6.01. The predicted molar refractivity (Wildman–Crippen MR) is 68.1 cm³/mol. The van der Waals surface area contributed by atoms with Crippen molar-refractivity contribution in [1.82, 2.24) is 0 Å². The van der Waals surface area contributed by atoms with Gasteiger partial charge in [-0.1, -0.05) is 12.8 Å². The van der Waals surface area contributed by atoms with Gasteiger partial charge in [0, 0.05) is 6.04 Å². The van der Waals surface area contributed by atoms with E-state index in [1.54, 1.807) is 20.8 Å². The summed E-state index contributed by atoms with van der Waals surface area (Å²) in [6, 6.07) is 0.288. The zero-order valence-electron chi connectivity index (χ0n) is 10.7. The molecule has 3 nitrogen and oxygen atoms in total. The van der Waals surface area contributed by atoms with E-state index in [-0.39, 0.29) is 6.04 Å². The molecule has 0 radical (unpaired) electrons. The highest BCUT2D eigenvalue weighted by molar-refractivity contribution is 7.92. The predicted octanol–water partition coefficient (Wildman–Crippen LogP) is 2.11. The summed E-state index contributed by atoms with van der Waals surface area (Å²) in [5.41, 5.74) is 5.90. The zero-order valence-corrected chi connectivity index (χ0v) is 11.5. The molecule has 0 aromatic carbocycles. The van der Waals surface area contributed by atoms with E-state index in [2.05, 4.69) is 0 Å². The van der Waals surface area contributed by atoms with Gasteiger partial charge in [-0.3, -0.25) is 0 Å². The van der Waals surface area contributed by atoms with Crippen molar-refractivity contribution in [2.45, 2.75) is 63.7 Å². The fourth-order valence-corrected chi connectivity index (χ4v) is 3.48. The second kappa shape index (κ2) is 5.05. The average Bonchev–Trinajstić information content (AvgIpc) is 2.13. The van der Waals surface area contributed by atoms with Gasteiger partial charge in [-0.2, -0.15) is 0 Å². The molecule has 1 fully saturated rings. The van der Waals surface area contributed by atoms with Gasteiger partial charge < -0.3 is 5.73 Å². The Morgan fingerprint density at radius 2 is 1.88 bits per heavy atom. The summed E-state index contributed by atoms with van der Waals surface area (Å²) in [5.74, 6) is 0.828. The maximum atomic E-state index is 11.9. The Balaban J connectivity index is 2.46. The minimum absolute atomic E-state index is 0.288. The third kappa shape index (κ3) is 3.74. The van der Waals surface area contributed by atoms with Crippen LogP contribution in [-0.4, -0.2) is 25.0 Å². The molecule has 1 saturated carbocycles. The van der Waals surface area contributed by atoms with Crippen molar-refractivity contribution in [1.29, 1.82) is 0 Å². The summed E-state index contributed by atoms with van der Waals surface area (Å²) in [7, 11) is -2.96. The lowest BCUT2D eigenvalue weighted by molar-refractivity contribution is 0.315. The molecule has 0 aliphatic heterocycles. The minimum Gasteiger partial charge on any atom is -0.328 e. The molecule has 2 N–H and O–H groups in total. The Kier molecular flexibility index (Phi) is 4.41. The molecule has 0 aromatic heterocycles. The highest BCUT2D eigenvalue weighted by Crippen LogP contribution is 2.27. The first kappa shape index (κ1) is 14.0. The Morgan fingerprint density at radius 1 is 1.25 bits per heavy atom. The molecule has 0 saturated heterocycles. The van der Waals surface area contributed by atoms with E-state index in [4.69, 9.17) is 5.73 Å². The van der Waals surface area contributed by atoms with Gasteiger partial charge in [0.05, 0.1) is 10.5 Å². The maximum Gasteiger partial charge on any atom is 0.155 e.